The van der Waals surface area contributed by atoms with E-state index >= 15 is 0 Å². The Bertz CT molecular complexity index is 359. The third kappa shape index (κ3) is 1.07. The summed E-state index contributed by atoms with van der Waals surface area (Å²) in [5, 5.41) is 0. The predicted octanol–water partition coefficient (Wildman–Crippen LogP) is 0.218. The minimum atomic E-state index is -0.0660. The number of hydrogen-bond donors (Lipinski definition) is 1. The van der Waals surface area contributed by atoms with Gasteiger partial charge in [-0.3, -0.25) is 0 Å². The Morgan fingerprint density at radius 3 is 2.75 bits per heavy atom. The Labute approximate surface area is 76.0 Å². The van der Waals surface area contributed by atoms with Crippen LogP contribution in [0.25, 0.3) is 6.08 Å². The van der Waals surface area contributed by atoms with E-state index in [2.05, 4.69) is 0 Å². The summed E-state index contributed by atoms with van der Waals surface area (Å²) in [6.07, 6.45) is 3.32. The number of nitrogens with one attached hydrogen (secondary N) is 1. The zero-order valence-corrected chi connectivity index (χ0v) is 7.10. The van der Waals surface area contributed by atoms with Gasteiger partial charge in [0.25, 0.3) is 0 Å². The first-order chi connectivity index (χ1) is 5.79. The first kappa shape index (κ1) is 7.58. The SMILES string of the molecule is O=C1C=Cc2ccccc2[NH+]1[S-]. The Hall–Kier alpha value is -1.06. The minimum Gasteiger partial charge on any atom is -0.480 e. The largest absolute Gasteiger partial charge is 0.480 e. The molecule has 1 aliphatic rings. The Balaban J connectivity index is 2.59. The van der Waals surface area contributed by atoms with Gasteiger partial charge in [-0.15, -0.1) is 0 Å². The van der Waals surface area contributed by atoms with E-state index in [1.54, 1.807) is 6.08 Å². The topological polar surface area (TPSA) is 21.5 Å². The average Bonchev–Trinajstić information content (AvgIpc) is 2.12. The van der Waals surface area contributed by atoms with E-state index in [9.17, 15) is 4.79 Å². The molecule has 0 aliphatic carbocycles. The second-order valence-electron chi connectivity index (χ2n) is 2.61. The van der Waals surface area contributed by atoms with E-state index in [4.69, 9.17) is 12.8 Å². The van der Waals surface area contributed by atoms with Gasteiger partial charge in [-0.2, -0.15) is 0 Å². The lowest BCUT2D eigenvalue weighted by Gasteiger charge is -2.23. The highest BCUT2D eigenvalue weighted by Crippen LogP contribution is 2.14. The molecule has 0 saturated heterocycles. The Morgan fingerprint density at radius 2 is 1.92 bits per heavy atom. The molecule has 1 atom stereocenters. The standard InChI is InChI=1S/C9H7NOS/c11-9-6-5-7-3-1-2-4-8(7)10(9)12/h1-6,10H. The molecule has 1 N–H and O–H groups in total. The summed E-state index contributed by atoms with van der Waals surface area (Å²) in [4.78, 5) is 11.1. The van der Waals surface area contributed by atoms with Crippen LogP contribution in [0.3, 0.4) is 0 Å². The molecule has 0 saturated carbocycles. The predicted molar refractivity (Wildman–Crippen MR) is 48.5 cm³/mol. The lowest BCUT2D eigenvalue weighted by molar-refractivity contribution is -0.582. The number of hydrogen-bond acceptors (Lipinski definition) is 2. The van der Waals surface area contributed by atoms with Gasteiger partial charge in [0.05, 0.1) is 0 Å². The van der Waals surface area contributed by atoms with Crippen molar-refractivity contribution in [2.45, 2.75) is 0 Å². The number of carbonyl (C=O) groups excluding carboxylic acids is 1. The van der Waals surface area contributed by atoms with Gasteiger partial charge in [0.15, 0.2) is 0 Å². The number of rotatable bonds is 0. The first-order valence-electron chi connectivity index (χ1n) is 3.65. The Kier molecular flexibility index (Phi) is 1.75. The highest BCUT2D eigenvalue weighted by Gasteiger charge is 2.15. The van der Waals surface area contributed by atoms with Gasteiger partial charge in [-0.1, -0.05) is 12.1 Å². The van der Waals surface area contributed by atoms with E-state index in [-0.39, 0.29) is 5.91 Å². The van der Waals surface area contributed by atoms with Gasteiger partial charge in [0.1, 0.15) is 5.69 Å². The fourth-order valence-corrected chi connectivity index (χ4v) is 1.48. The van der Waals surface area contributed by atoms with E-state index in [0.717, 1.165) is 11.3 Å². The highest BCUT2D eigenvalue weighted by molar-refractivity contribution is 7.51. The summed E-state index contributed by atoms with van der Waals surface area (Å²) in [6.45, 7) is 0. The van der Waals surface area contributed by atoms with Crippen molar-refractivity contribution in [3.63, 3.8) is 0 Å². The van der Waals surface area contributed by atoms with Crippen LogP contribution in [0.15, 0.2) is 30.3 Å². The van der Waals surface area contributed by atoms with Crippen LogP contribution < -0.4 is 4.31 Å². The van der Waals surface area contributed by atoms with Crippen LogP contribution in [0.2, 0.25) is 0 Å². The molecule has 1 heterocycles. The quantitative estimate of drug-likeness (QED) is 0.572. The molecular weight excluding hydrogens is 170 g/mol. The summed E-state index contributed by atoms with van der Waals surface area (Å²) < 4.78 is 0.424. The van der Waals surface area contributed by atoms with E-state index in [0.29, 0.717) is 4.31 Å². The zero-order chi connectivity index (χ0) is 8.55. The van der Waals surface area contributed by atoms with Crippen LogP contribution in [0.4, 0.5) is 5.69 Å². The number of fused-ring (bicyclic) bond motifs is 1. The molecular formula is C9H7NOS. The van der Waals surface area contributed by atoms with Crippen molar-refractivity contribution in [3.05, 3.63) is 35.9 Å². The fourth-order valence-electron chi connectivity index (χ4n) is 1.22. The third-order valence-corrected chi connectivity index (χ3v) is 2.26. The first-order valence-corrected chi connectivity index (χ1v) is 4.05. The van der Waals surface area contributed by atoms with Gasteiger partial charge in [0.2, 0.25) is 0 Å². The smallest absolute Gasteiger partial charge is 0.324 e. The molecule has 1 unspecified atom stereocenters. The van der Waals surface area contributed by atoms with Crippen LogP contribution in [-0.4, -0.2) is 5.91 Å². The lowest BCUT2D eigenvalue weighted by atomic mass is 10.1. The van der Waals surface area contributed by atoms with Crippen molar-refractivity contribution in [3.8, 4) is 0 Å². The molecule has 60 valence electrons. The van der Waals surface area contributed by atoms with E-state index in [1.165, 1.54) is 6.08 Å². The van der Waals surface area contributed by atoms with Gasteiger partial charge in [-0.25, -0.2) is 4.79 Å². The molecule has 0 radical (unpaired) electrons. The monoisotopic (exact) mass is 177 g/mol. The van der Waals surface area contributed by atoms with Crippen molar-refractivity contribution in [1.82, 2.24) is 0 Å². The third-order valence-electron chi connectivity index (χ3n) is 1.84. The van der Waals surface area contributed by atoms with Crippen molar-refractivity contribution in [2.24, 2.45) is 0 Å². The molecule has 3 heteroatoms. The molecule has 0 spiro atoms. The number of amides is 1. The Morgan fingerprint density at radius 1 is 1.17 bits per heavy atom. The molecule has 1 aromatic rings. The summed E-state index contributed by atoms with van der Waals surface area (Å²) in [5.41, 5.74) is 1.90. The highest BCUT2D eigenvalue weighted by atomic mass is 32.1. The molecule has 2 rings (SSSR count). The van der Waals surface area contributed by atoms with E-state index in [1.807, 2.05) is 24.3 Å². The molecule has 1 amide bonds. The van der Waals surface area contributed by atoms with Gasteiger partial charge >= 0.3 is 5.91 Å². The molecule has 0 aromatic heterocycles. The van der Waals surface area contributed by atoms with E-state index < -0.39 is 0 Å². The molecule has 0 bridgehead atoms. The molecule has 2 nitrogen and oxygen atoms in total. The normalized spacial score (nSPS) is 20.8. The van der Waals surface area contributed by atoms with Gasteiger partial charge in [0, 0.05) is 11.6 Å². The lowest BCUT2D eigenvalue weighted by Crippen LogP contribution is -3.05. The maximum Gasteiger partial charge on any atom is 0.324 e. The summed E-state index contributed by atoms with van der Waals surface area (Å²) >= 11 is 4.98. The molecule has 12 heavy (non-hydrogen) atoms. The summed E-state index contributed by atoms with van der Waals surface area (Å²) in [7, 11) is 0. The van der Waals surface area contributed by atoms with Crippen LogP contribution in [0.5, 0.6) is 0 Å². The van der Waals surface area contributed by atoms with Crippen LogP contribution in [0.1, 0.15) is 5.56 Å². The van der Waals surface area contributed by atoms with Crippen LogP contribution in [0, 0.1) is 0 Å². The van der Waals surface area contributed by atoms with Crippen LogP contribution >= 0.6 is 0 Å². The van der Waals surface area contributed by atoms with Crippen molar-refractivity contribution in [1.29, 1.82) is 0 Å². The van der Waals surface area contributed by atoms with Crippen molar-refractivity contribution in [2.75, 3.05) is 0 Å². The second-order valence-corrected chi connectivity index (χ2v) is 3.02. The number of quaternary nitrogens is 1. The molecule has 1 aromatic carbocycles. The minimum absolute atomic E-state index is 0.0660. The second kappa shape index (κ2) is 2.77. The van der Waals surface area contributed by atoms with Crippen molar-refractivity contribution >= 4 is 30.5 Å². The maximum atomic E-state index is 11.1. The maximum absolute atomic E-state index is 11.1. The number of benzene rings is 1. The zero-order valence-electron chi connectivity index (χ0n) is 6.28. The van der Waals surface area contributed by atoms with Crippen LogP contribution in [-0.2, 0) is 17.6 Å². The van der Waals surface area contributed by atoms with Gasteiger partial charge < -0.3 is 17.1 Å². The van der Waals surface area contributed by atoms with Gasteiger partial charge in [-0.05, 0) is 18.2 Å². The fraction of sp³-hybridized carbons (Fsp3) is 0. The molecule has 0 fully saturated rings. The summed E-state index contributed by atoms with van der Waals surface area (Å²) in [5.74, 6) is -0.0660. The summed E-state index contributed by atoms with van der Waals surface area (Å²) in [6, 6.07) is 7.64. The van der Waals surface area contributed by atoms with Crippen molar-refractivity contribution < 1.29 is 9.10 Å². The average molecular weight is 177 g/mol. The number of para-hydroxylation sites is 1. The number of carbonyl (C=O) groups is 1. The molecule has 1 aliphatic heterocycles.